The van der Waals surface area contributed by atoms with Crippen LogP contribution in [-0.2, 0) is 6.54 Å². The van der Waals surface area contributed by atoms with E-state index in [1.165, 1.54) is 28.0 Å². The lowest BCUT2D eigenvalue weighted by molar-refractivity contribution is 0.254. The van der Waals surface area contributed by atoms with Gasteiger partial charge in [0.1, 0.15) is 0 Å². The Morgan fingerprint density at radius 3 is 2.75 bits per heavy atom. The maximum Gasteiger partial charge on any atom is 0.0701 e. The first kappa shape index (κ1) is 12.6. The van der Waals surface area contributed by atoms with Crippen LogP contribution in [0.15, 0.2) is 15.9 Å². The van der Waals surface area contributed by atoms with Crippen LogP contribution in [0.5, 0.6) is 0 Å². The van der Waals surface area contributed by atoms with Gasteiger partial charge < -0.3 is 10.2 Å². The summed E-state index contributed by atoms with van der Waals surface area (Å²) in [5.41, 5.74) is 0.567. The van der Waals surface area contributed by atoms with Gasteiger partial charge >= 0.3 is 0 Å². The van der Waals surface area contributed by atoms with E-state index in [0.29, 0.717) is 5.41 Å². The van der Waals surface area contributed by atoms with E-state index in [4.69, 9.17) is 0 Å². The third-order valence-electron chi connectivity index (χ3n) is 3.17. The number of rotatable bonds is 6. The summed E-state index contributed by atoms with van der Waals surface area (Å²) in [4.78, 5) is 3.89. The Kier molecular flexibility index (Phi) is 4.06. The van der Waals surface area contributed by atoms with Crippen molar-refractivity contribution in [1.29, 1.82) is 0 Å². The summed E-state index contributed by atoms with van der Waals surface area (Å²) in [6.07, 6.45) is 2.76. The maximum absolute atomic E-state index is 3.51. The number of hydrogen-bond donors (Lipinski definition) is 1. The molecule has 1 saturated carbocycles. The molecule has 0 unspecified atom stereocenters. The molecule has 90 valence electrons. The molecule has 0 bridgehead atoms. The van der Waals surface area contributed by atoms with Crippen LogP contribution in [0.25, 0.3) is 0 Å². The summed E-state index contributed by atoms with van der Waals surface area (Å²) in [6.45, 7) is 3.44. The van der Waals surface area contributed by atoms with Crippen LogP contribution in [0.4, 0.5) is 0 Å². The van der Waals surface area contributed by atoms with Gasteiger partial charge in [-0.25, -0.2) is 0 Å². The summed E-state index contributed by atoms with van der Waals surface area (Å²) < 4.78 is 1.23. The van der Waals surface area contributed by atoms with E-state index in [1.54, 1.807) is 0 Å². The predicted octanol–water partition coefficient (Wildman–Crippen LogP) is 2.94. The zero-order chi connectivity index (χ0) is 11.6. The van der Waals surface area contributed by atoms with Crippen molar-refractivity contribution in [3.05, 3.63) is 20.8 Å². The normalized spacial score (nSPS) is 18.0. The molecule has 2 nitrogen and oxygen atoms in total. The second-order valence-corrected chi connectivity index (χ2v) is 7.46. The predicted molar refractivity (Wildman–Crippen MR) is 73.9 cm³/mol. The third kappa shape index (κ3) is 3.29. The minimum Gasteiger partial charge on any atom is -0.319 e. The minimum atomic E-state index is 0.567. The van der Waals surface area contributed by atoms with E-state index in [0.717, 1.165) is 13.1 Å². The van der Waals surface area contributed by atoms with Crippen LogP contribution in [0, 0.1) is 5.41 Å². The van der Waals surface area contributed by atoms with Crippen LogP contribution in [0.3, 0.4) is 0 Å². The van der Waals surface area contributed by atoms with Crippen molar-refractivity contribution in [1.82, 2.24) is 10.2 Å². The highest BCUT2D eigenvalue weighted by Gasteiger charge is 2.42. The summed E-state index contributed by atoms with van der Waals surface area (Å²) >= 11 is 5.35. The molecule has 1 aliphatic rings. The van der Waals surface area contributed by atoms with Gasteiger partial charge in [-0.3, -0.25) is 0 Å². The number of thiophene rings is 1. The molecular weight excluding hydrogens is 284 g/mol. The quantitative estimate of drug-likeness (QED) is 0.869. The summed E-state index contributed by atoms with van der Waals surface area (Å²) in [7, 11) is 4.28. The van der Waals surface area contributed by atoms with Crippen molar-refractivity contribution in [3.8, 4) is 0 Å². The van der Waals surface area contributed by atoms with Crippen molar-refractivity contribution in [2.24, 2.45) is 5.41 Å². The molecule has 1 fully saturated rings. The standard InChI is InChI=1S/C12H19BrN2S/c1-14-8-12(5-6-12)9-15(2)7-10-3-4-11(13)16-10/h3-4,14H,5-9H2,1-2H3. The molecule has 1 heterocycles. The summed E-state index contributed by atoms with van der Waals surface area (Å²) in [5.74, 6) is 0. The van der Waals surface area contributed by atoms with Gasteiger partial charge in [-0.2, -0.15) is 0 Å². The van der Waals surface area contributed by atoms with Crippen LogP contribution < -0.4 is 5.32 Å². The van der Waals surface area contributed by atoms with Gasteiger partial charge in [0, 0.05) is 24.5 Å². The van der Waals surface area contributed by atoms with Gasteiger partial charge in [-0.05, 0) is 60.4 Å². The molecule has 16 heavy (non-hydrogen) atoms. The van der Waals surface area contributed by atoms with Gasteiger partial charge in [-0.15, -0.1) is 11.3 Å². The van der Waals surface area contributed by atoms with Crippen molar-refractivity contribution in [2.75, 3.05) is 27.2 Å². The second-order valence-electron chi connectivity index (χ2n) is 4.91. The molecule has 1 aromatic rings. The van der Waals surface area contributed by atoms with Crippen molar-refractivity contribution in [3.63, 3.8) is 0 Å². The topological polar surface area (TPSA) is 15.3 Å². The van der Waals surface area contributed by atoms with E-state index < -0.39 is 0 Å². The molecule has 0 amide bonds. The molecule has 1 N–H and O–H groups in total. The average molecular weight is 303 g/mol. The minimum absolute atomic E-state index is 0.567. The van der Waals surface area contributed by atoms with E-state index in [-0.39, 0.29) is 0 Å². The molecule has 0 saturated heterocycles. The Labute approximate surface area is 110 Å². The van der Waals surface area contributed by atoms with Crippen LogP contribution in [0.1, 0.15) is 17.7 Å². The first-order chi connectivity index (χ1) is 7.63. The Bertz CT molecular complexity index is 347. The van der Waals surface area contributed by atoms with Gasteiger partial charge in [0.15, 0.2) is 0 Å². The van der Waals surface area contributed by atoms with Gasteiger partial charge in [0.25, 0.3) is 0 Å². The molecule has 1 aromatic heterocycles. The molecule has 0 radical (unpaired) electrons. The zero-order valence-corrected chi connectivity index (χ0v) is 12.3. The Balaban J connectivity index is 1.82. The second kappa shape index (κ2) is 5.17. The smallest absolute Gasteiger partial charge is 0.0701 e. The summed E-state index contributed by atoms with van der Waals surface area (Å²) in [6, 6.07) is 4.34. The number of nitrogens with zero attached hydrogens (tertiary/aromatic N) is 1. The highest BCUT2D eigenvalue weighted by Crippen LogP contribution is 2.45. The SMILES string of the molecule is CNCC1(CN(C)Cc2ccc(Br)s2)CC1. The van der Waals surface area contributed by atoms with Gasteiger partial charge in [-0.1, -0.05) is 0 Å². The molecule has 2 rings (SSSR count). The number of nitrogens with one attached hydrogen (secondary N) is 1. The largest absolute Gasteiger partial charge is 0.319 e. The van der Waals surface area contributed by atoms with E-state index in [2.05, 4.69) is 52.4 Å². The first-order valence-corrected chi connectivity index (χ1v) is 7.32. The molecule has 0 aliphatic heterocycles. The molecule has 4 heteroatoms. The van der Waals surface area contributed by atoms with Crippen LogP contribution in [0.2, 0.25) is 0 Å². The molecule has 1 aliphatic carbocycles. The summed E-state index contributed by atoms with van der Waals surface area (Å²) in [5, 5.41) is 3.31. The Morgan fingerprint density at radius 1 is 1.50 bits per heavy atom. The van der Waals surface area contributed by atoms with E-state index >= 15 is 0 Å². The molecule has 0 spiro atoms. The van der Waals surface area contributed by atoms with Crippen LogP contribution >= 0.6 is 27.3 Å². The molecule has 0 atom stereocenters. The lowest BCUT2D eigenvalue weighted by atomic mass is 10.1. The number of hydrogen-bond acceptors (Lipinski definition) is 3. The Hall–Kier alpha value is 0.1000. The van der Waals surface area contributed by atoms with E-state index in [1.807, 2.05) is 11.3 Å². The molecular formula is C12H19BrN2S. The monoisotopic (exact) mass is 302 g/mol. The highest BCUT2D eigenvalue weighted by atomic mass is 79.9. The van der Waals surface area contributed by atoms with E-state index in [9.17, 15) is 0 Å². The van der Waals surface area contributed by atoms with Crippen LogP contribution in [-0.4, -0.2) is 32.1 Å². The fourth-order valence-electron chi connectivity index (χ4n) is 2.27. The fourth-order valence-corrected chi connectivity index (χ4v) is 3.84. The maximum atomic E-state index is 3.51. The van der Waals surface area contributed by atoms with Crippen molar-refractivity contribution < 1.29 is 0 Å². The lowest BCUT2D eigenvalue weighted by Gasteiger charge is -2.23. The van der Waals surface area contributed by atoms with Gasteiger partial charge in [0.2, 0.25) is 0 Å². The van der Waals surface area contributed by atoms with Crippen molar-refractivity contribution >= 4 is 27.3 Å². The first-order valence-electron chi connectivity index (χ1n) is 5.71. The fraction of sp³-hybridized carbons (Fsp3) is 0.667. The van der Waals surface area contributed by atoms with Gasteiger partial charge in [0.05, 0.1) is 3.79 Å². The number of halogens is 1. The highest BCUT2D eigenvalue weighted by molar-refractivity contribution is 9.11. The average Bonchev–Trinajstić information content (AvgIpc) is 2.82. The molecule has 0 aromatic carbocycles. The zero-order valence-electron chi connectivity index (χ0n) is 9.92. The third-order valence-corrected chi connectivity index (χ3v) is 4.78. The lowest BCUT2D eigenvalue weighted by Crippen LogP contribution is -2.32. The Morgan fingerprint density at radius 2 is 2.25 bits per heavy atom. The van der Waals surface area contributed by atoms with Crippen molar-refractivity contribution in [2.45, 2.75) is 19.4 Å².